The molecule has 2 heterocycles. The summed E-state index contributed by atoms with van der Waals surface area (Å²) in [5, 5.41) is 31.1. The van der Waals surface area contributed by atoms with Crippen LogP contribution in [-0.4, -0.2) is 94.6 Å². The first kappa shape index (κ1) is 66.7. The first-order valence-corrected chi connectivity index (χ1v) is 24.4. The van der Waals surface area contributed by atoms with Crippen molar-refractivity contribution in [2.75, 3.05) is 0 Å². The molecule has 2 aliphatic heterocycles. The van der Waals surface area contributed by atoms with E-state index >= 15 is 0 Å². The van der Waals surface area contributed by atoms with Gasteiger partial charge in [0, 0.05) is 36.1 Å². The third-order valence-electron chi connectivity index (χ3n) is 13.2. The minimum atomic E-state index is -1.31. The van der Waals surface area contributed by atoms with Crippen LogP contribution >= 0.6 is 0 Å². The molecule has 2 aliphatic rings. The zero-order valence-corrected chi connectivity index (χ0v) is 51.5. The van der Waals surface area contributed by atoms with E-state index in [1.54, 1.807) is 0 Å². The van der Waals surface area contributed by atoms with Gasteiger partial charge in [-0.25, -0.2) is 9.98 Å². The second-order valence-corrected chi connectivity index (χ2v) is 21.5. The van der Waals surface area contributed by atoms with Gasteiger partial charge in [-0.3, -0.25) is 0 Å². The van der Waals surface area contributed by atoms with Crippen LogP contribution in [0.2, 0.25) is 0 Å². The fourth-order valence-corrected chi connectivity index (χ4v) is 8.54. The first-order chi connectivity index (χ1) is 32.0. The summed E-state index contributed by atoms with van der Waals surface area (Å²) in [5.74, 6) is 0. The Morgan fingerprint density at radius 2 is 0.597 bits per heavy atom. The fraction of sp³-hybridized carbons (Fsp3) is 0.483. The number of hydrogen-bond donors (Lipinski definition) is 2. The van der Waals surface area contributed by atoms with Gasteiger partial charge in [-0.1, -0.05) is 82.6 Å². The molecule has 0 radical (unpaired) electrons. The number of benzene rings is 4. The van der Waals surface area contributed by atoms with Crippen molar-refractivity contribution in [3.05, 3.63) is 149 Å². The Kier molecular flexibility index (Phi) is 25.5. The van der Waals surface area contributed by atoms with Gasteiger partial charge in [0.2, 0.25) is 11.4 Å². The molecule has 14 heteroatoms. The summed E-state index contributed by atoms with van der Waals surface area (Å²) in [7, 11) is -2.63. The van der Waals surface area contributed by atoms with Gasteiger partial charge in [0.05, 0.1) is 22.4 Å². The average molecular weight is 1000 g/mol. The van der Waals surface area contributed by atoms with Gasteiger partial charge in [0.15, 0.2) is 11.4 Å². The Bertz CT molecular complexity index is 2330. The Labute approximate surface area is 468 Å². The van der Waals surface area contributed by atoms with Crippen LogP contribution in [0.25, 0.3) is 10.6 Å². The van der Waals surface area contributed by atoms with E-state index in [0.29, 0.717) is 0 Å². The van der Waals surface area contributed by atoms with E-state index in [2.05, 4.69) is 181 Å². The van der Waals surface area contributed by atoms with Crippen LogP contribution < -0.4 is 20.0 Å². The van der Waals surface area contributed by atoms with Gasteiger partial charge in [0.25, 0.3) is 0 Å². The predicted octanol–water partition coefficient (Wildman–Crippen LogP) is 9.75. The second-order valence-electron chi connectivity index (χ2n) is 21.5. The molecule has 0 aromatic heterocycles. The topological polar surface area (TPSA) is 139 Å². The van der Waals surface area contributed by atoms with Gasteiger partial charge < -0.3 is 39.3 Å². The van der Waals surface area contributed by atoms with Gasteiger partial charge >= 0.3 is 60.7 Å². The van der Waals surface area contributed by atoms with Crippen molar-refractivity contribution in [3.63, 3.8) is 0 Å². The van der Waals surface area contributed by atoms with Crippen molar-refractivity contribution in [1.29, 1.82) is 0 Å². The summed E-state index contributed by atoms with van der Waals surface area (Å²) in [5.41, 5.74) is 22.0. The Morgan fingerprint density at radius 1 is 0.403 bits per heavy atom. The van der Waals surface area contributed by atoms with Crippen molar-refractivity contribution in [1.82, 2.24) is 0 Å². The Hall–Kier alpha value is -3.28. The molecule has 10 nitrogen and oxygen atoms in total. The van der Waals surface area contributed by atoms with Gasteiger partial charge in [-0.15, -0.1) is 11.4 Å². The van der Waals surface area contributed by atoms with Crippen molar-refractivity contribution in [2.24, 2.45) is 0 Å². The van der Waals surface area contributed by atoms with E-state index < -0.39 is 37.0 Å². The fourth-order valence-electron chi connectivity index (χ4n) is 8.54. The van der Waals surface area contributed by atoms with Gasteiger partial charge in [-0.05, 0) is 175 Å². The maximum Gasteiger partial charge on any atom is 2.00 e. The van der Waals surface area contributed by atoms with E-state index in [9.17, 15) is 10.0 Å². The summed E-state index contributed by atoms with van der Waals surface area (Å²) >= 11 is 0. The van der Waals surface area contributed by atoms with Crippen LogP contribution in [0.4, 0.5) is 22.7 Å². The normalized spacial score (nSPS) is 16.8. The van der Waals surface area contributed by atoms with Crippen LogP contribution in [0.5, 0.6) is 0 Å². The van der Waals surface area contributed by atoms with Crippen LogP contribution in [0.15, 0.2) is 72.1 Å². The average Bonchev–Trinajstić information content (AvgIpc) is 3.49. The van der Waals surface area contributed by atoms with E-state index in [-0.39, 0.29) is 46.1 Å². The zero-order chi connectivity index (χ0) is 53.4. The molecule has 380 valence electrons. The molecule has 0 bridgehead atoms. The van der Waals surface area contributed by atoms with E-state index in [4.69, 9.17) is 29.3 Å². The maximum absolute atomic E-state index is 10.7. The molecule has 4 aromatic rings. The van der Waals surface area contributed by atoms with Crippen LogP contribution in [-0.2, 0) is 18.6 Å². The molecule has 2 saturated heterocycles. The molecule has 72 heavy (non-hydrogen) atoms. The largest absolute Gasteiger partial charge is 2.00 e. The molecule has 0 atom stereocenters. The molecule has 6 rings (SSSR count). The second kappa shape index (κ2) is 27.5. The number of allylic oxidation sites excluding steroid dienone is 4. The van der Waals surface area contributed by atoms with Gasteiger partial charge in [0.1, 0.15) is 0 Å². The van der Waals surface area contributed by atoms with E-state index in [1.165, 1.54) is 78.1 Å². The molecule has 0 unspecified atom stereocenters. The molecular formula is C58H84B2Mg2N4O6+2. The minimum absolute atomic E-state index is 0. The van der Waals surface area contributed by atoms with Crippen LogP contribution in [0, 0.1) is 83.1 Å². The number of hydrogen-bond acceptors (Lipinski definition) is 6. The SMILES string of the molecule is CC(/C=C(/C)[N-]c1c(C)cc(C)cc1C)=[NH+]c1c(C)cc(C)cc1C.CC(/C=C(/C)[N-]c1c(C)cc(C)cc1C)=[NH+]c1c(C)cc(C)cc1C.CC1(C)OB([O-])OC1(C)C.CC1(C)OB([O-])OC1(C)C.[Mg+2].[Mg+2]. The molecule has 2 N–H and O–H groups in total. The van der Waals surface area contributed by atoms with Crippen molar-refractivity contribution in [2.45, 2.75) is 189 Å². The summed E-state index contributed by atoms with van der Waals surface area (Å²) < 4.78 is 19.9. The molecular weight excluding hydrogens is 919 g/mol. The standard InChI is InChI=1S/2C23H29N2.2C6H12BO3.2Mg/c2*1-14-9-16(3)22(17(4)10-14)24-20(7)13-21(8)25-23-18(5)11-15(2)12-19(23)6;2*1-5(2)6(3,4)10-7(8)9-5;;/h2*9-13H,1-8H3;2*1-4H3;;/q4*-1;2*+2/p+2/b2*20-13-,25-21?;;;;. The monoisotopic (exact) mass is 1000 g/mol. The molecule has 0 saturated carbocycles. The van der Waals surface area contributed by atoms with Crippen molar-refractivity contribution >= 4 is 94.9 Å². The molecule has 0 amide bonds. The number of nitrogens with one attached hydrogen (secondary N) is 2. The van der Waals surface area contributed by atoms with Gasteiger partial charge in [-0.2, -0.15) is 11.4 Å². The molecule has 0 spiro atoms. The van der Waals surface area contributed by atoms with Crippen LogP contribution in [0.3, 0.4) is 0 Å². The van der Waals surface area contributed by atoms with Crippen molar-refractivity contribution in [3.8, 4) is 0 Å². The molecule has 0 aliphatic carbocycles. The summed E-state index contributed by atoms with van der Waals surface area (Å²) in [6.07, 6.45) is 4.22. The summed E-state index contributed by atoms with van der Waals surface area (Å²) in [6, 6.07) is 17.6. The quantitative estimate of drug-likeness (QED) is 0.133. The third kappa shape index (κ3) is 19.1. The third-order valence-corrected chi connectivity index (χ3v) is 13.2. The number of rotatable bonds is 8. The van der Waals surface area contributed by atoms with E-state index in [0.717, 1.165) is 34.2 Å². The summed E-state index contributed by atoms with van der Waals surface area (Å²) in [6.45, 7) is 48.7. The smallest absolute Gasteiger partial charge is 0.832 e. The summed E-state index contributed by atoms with van der Waals surface area (Å²) in [4.78, 5) is 7.08. The first-order valence-electron chi connectivity index (χ1n) is 24.4. The number of aryl methyl sites for hydroxylation is 12. The van der Waals surface area contributed by atoms with Crippen molar-refractivity contribution < 1.29 is 38.7 Å². The Balaban J connectivity index is 0.000000514. The number of nitrogens with zero attached hydrogens (tertiary/aromatic N) is 2. The maximum atomic E-state index is 10.7. The predicted molar refractivity (Wildman–Crippen MR) is 302 cm³/mol. The zero-order valence-electron chi connectivity index (χ0n) is 48.7. The minimum Gasteiger partial charge on any atom is -0.832 e. The van der Waals surface area contributed by atoms with E-state index in [1.807, 2.05) is 55.4 Å². The Morgan fingerprint density at radius 3 is 0.778 bits per heavy atom. The molecule has 2 fully saturated rings. The van der Waals surface area contributed by atoms with Crippen LogP contribution in [0.1, 0.15) is 150 Å². The molecule has 4 aromatic carbocycles.